The van der Waals surface area contributed by atoms with Crippen LogP contribution in [0.5, 0.6) is 0 Å². The molecule has 4 heteroatoms. The average molecular weight is 278 g/mol. The van der Waals surface area contributed by atoms with E-state index >= 15 is 0 Å². The van der Waals surface area contributed by atoms with Gasteiger partial charge in [-0.2, -0.15) is 11.8 Å². The van der Waals surface area contributed by atoms with Crippen molar-refractivity contribution in [3.63, 3.8) is 0 Å². The van der Waals surface area contributed by atoms with E-state index in [-0.39, 0.29) is 5.91 Å². The monoisotopic (exact) mass is 278 g/mol. The summed E-state index contributed by atoms with van der Waals surface area (Å²) in [5.41, 5.74) is 7.57. The Morgan fingerprint density at radius 1 is 1.37 bits per heavy atom. The van der Waals surface area contributed by atoms with Gasteiger partial charge in [0.1, 0.15) is 0 Å². The molecule has 0 aromatic heterocycles. The summed E-state index contributed by atoms with van der Waals surface area (Å²) in [7, 11) is 0. The lowest BCUT2D eigenvalue weighted by atomic mass is 10.1. The highest BCUT2D eigenvalue weighted by Gasteiger charge is 2.24. The Morgan fingerprint density at radius 2 is 2.11 bits per heavy atom. The number of anilines is 1. The Kier molecular flexibility index (Phi) is 5.14. The maximum atomic E-state index is 11.9. The van der Waals surface area contributed by atoms with E-state index in [4.69, 9.17) is 5.73 Å². The van der Waals surface area contributed by atoms with Crippen LogP contribution in [-0.4, -0.2) is 23.5 Å². The van der Waals surface area contributed by atoms with Crippen LogP contribution in [0.4, 0.5) is 5.69 Å². The van der Waals surface area contributed by atoms with Gasteiger partial charge in [0.05, 0.1) is 0 Å². The second-order valence-corrected chi connectivity index (χ2v) is 6.31. The number of hydrogen-bond donors (Lipinski definition) is 2. The first-order chi connectivity index (χ1) is 9.17. The van der Waals surface area contributed by atoms with Crippen LogP contribution < -0.4 is 11.1 Å². The molecule has 2 unspecified atom stereocenters. The number of hydrogen-bond acceptors (Lipinski definition) is 3. The van der Waals surface area contributed by atoms with Gasteiger partial charge in [-0.15, -0.1) is 0 Å². The molecule has 3 nitrogen and oxygen atoms in total. The highest BCUT2D eigenvalue weighted by Crippen LogP contribution is 2.28. The number of nitrogens with two attached hydrogens (primary N) is 1. The highest BCUT2D eigenvalue weighted by molar-refractivity contribution is 7.99. The summed E-state index contributed by atoms with van der Waals surface area (Å²) in [4.78, 5) is 11.9. The fourth-order valence-corrected chi connectivity index (χ4v) is 3.32. The van der Waals surface area contributed by atoms with Crippen LogP contribution in [-0.2, 0) is 11.2 Å². The molecule has 1 aromatic rings. The van der Waals surface area contributed by atoms with Gasteiger partial charge in [0, 0.05) is 23.4 Å². The largest absolute Gasteiger partial charge is 0.399 e. The number of nitrogen functional groups attached to an aromatic ring is 1. The van der Waals surface area contributed by atoms with E-state index in [1.54, 1.807) is 0 Å². The molecule has 1 aromatic carbocycles. The zero-order valence-electron chi connectivity index (χ0n) is 11.4. The normalized spacial score (nSPS) is 22.4. The third-order valence-electron chi connectivity index (χ3n) is 3.70. The molecule has 1 amide bonds. The quantitative estimate of drug-likeness (QED) is 0.814. The van der Waals surface area contributed by atoms with E-state index in [2.05, 4.69) is 11.6 Å². The number of carbonyl (C=O) groups excluding carboxylic acids is 1. The minimum Gasteiger partial charge on any atom is -0.399 e. The molecular formula is C15H22N2OS. The van der Waals surface area contributed by atoms with Gasteiger partial charge in [-0.05, 0) is 49.6 Å². The second kappa shape index (κ2) is 6.85. The Hall–Kier alpha value is -1.16. The summed E-state index contributed by atoms with van der Waals surface area (Å²) in [6.45, 7) is 0. The van der Waals surface area contributed by atoms with E-state index in [0.29, 0.717) is 12.5 Å². The summed E-state index contributed by atoms with van der Waals surface area (Å²) in [5, 5.41) is 3.87. The standard InChI is InChI=1S/C15H22N2OS/c1-19-14-8-7-13(10-14)17-15(18)9-4-11-2-5-12(16)6-3-11/h2-3,5-6,13-14H,4,7-10,16H2,1H3,(H,17,18). The SMILES string of the molecule is CSC1CCC(NC(=O)CCc2ccc(N)cc2)C1. The first kappa shape index (κ1) is 14.3. The lowest BCUT2D eigenvalue weighted by molar-refractivity contribution is -0.121. The third-order valence-corrected chi connectivity index (χ3v) is 4.80. The Morgan fingerprint density at radius 3 is 2.74 bits per heavy atom. The highest BCUT2D eigenvalue weighted by atomic mass is 32.2. The van der Waals surface area contributed by atoms with Crippen molar-refractivity contribution in [2.75, 3.05) is 12.0 Å². The fraction of sp³-hybridized carbons (Fsp3) is 0.533. The summed E-state index contributed by atoms with van der Waals surface area (Å²) >= 11 is 1.91. The maximum absolute atomic E-state index is 11.9. The van der Waals surface area contributed by atoms with Crippen molar-refractivity contribution in [2.45, 2.75) is 43.4 Å². The Balaban J connectivity index is 1.71. The molecule has 104 valence electrons. The molecule has 3 N–H and O–H groups in total. The molecule has 0 radical (unpaired) electrons. The summed E-state index contributed by atoms with van der Waals surface area (Å²) < 4.78 is 0. The van der Waals surface area contributed by atoms with Crippen molar-refractivity contribution in [1.29, 1.82) is 0 Å². The van der Waals surface area contributed by atoms with Crippen molar-refractivity contribution in [3.05, 3.63) is 29.8 Å². The number of rotatable bonds is 5. The lowest BCUT2D eigenvalue weighted by Crippen LogP contribution is -2.33. The molecule has 0 saturated heterocycles. The number of amides is 1. The van der Waals surface area contributed by atoms with Gasteiger partial charge in [-0.1, -0.05) is 12.1 Å². The third kappa shape index (κ3) is 4.46. The van der Waals surface area contributed by atoms with Gasteiger partial charge in [-0.25, -0.2) is 0 Å². The Bertz CT molecular complexity index is 419. The molecule has 0 bridgehead atoms. The molecule has 0 spiro atoms. The predicted octanol–water partition coefficient (Wildman–Crippen LogP) is 2.60. The summed E-state index contributed by atoms with van der Waals surface area (Å²) in [5.74, 6) is 0.170. The van der Waals surface area contributed by atoms with Crippen molar-refractivity contribution < 1.29 is 4.79 Å². The molecule has 0 heterocycles. The second-order valence-electron chi connectivity index (χ2n) is 5.18. The molecule has 1 saturated carbocycles. The van der Waals surface area contributed by atoms with Gasteiger partial charge in [-0.3, -0.25) is 4.79 Å². The number of thioether (sulfide) groups is 1. The van der Waals surface area contributed by atoms with Crippen molar-refractivity contribution in [3.8, 4) is 0 Å². The zero-order chi connectivity index (χ0) is 13.7. The molecule has 2 atom stereocenters. The van der Waals surface area contributed by atoms with Crippen LogP contribution in [0, 0.1) is 0 Å². The van der Waals surface area contributed by atoms with Crippen LogP contribution in [0.1, 0.15) is 31.2 Å². The van der Waals surface area contributed by atoms with Crippen LogP contribution >= 0.6 is 11.8 Å². The molecule has 19 heavy (non-hydrogen) atoms. The van der Waals surface area contributed by atoms with Gasteiger partial charge in [0.25, 0.3) is 0 Å². The van der Waals surface area contributed by atoms with Gasteiger partial charge < -0.3 is 11.1 Å². The molecule has 1 fully saturated rings. The fourth-order valence-electron chi connectivity index (χ4n) is 2.53. The average Bonchev–Trinajstić information content (AvgIpc) is 2.86. The molecule has 2 rings (SSSR count). The van der Waals surface area contributed by atoms with Gasteiger partial charge in [0.15, 0.2) is 0 Å². The van der Waals surface area contributed by atoms with Crippen molar-refractivity contribution >= 4 is 23.4 Å². The van der Waals surface area contributed by atoms with E-state index in [1.807, 2.05) is 36.0 Å². The van der Waals surface area contributed by atoms with Crippen LogP contribution in [0.2, 0.25) is 0 Å². The number of benzene rings is 1. The predicted molar refractivity (Wildman–Crippen MR) is 82.3 cm³/mol. The van der Waals surface area contributed by atoms with Crippen LogP contribution in [0.15, 0.2) is 24.3 Å². The number of aryl methyl sites for hydroxylation is 1. The molecule has 0 aliphatic heterocycles. The van der Waals surface area contributed by atoms with Crippen molar-refractivity contribution in [2.24, 2.45) is 0 Å². The van der Waals surface area contributed by atoms with Gasteiger partial charge in [0.2, 0.25) is 5.91 Å². The molecular weight excluding hydrogens is 256 g/mol. The van der Waals surface area contributed by atoms with E-state index < -0.39 is 0 Å². The van der Waals surface area contributed by atoms with E-state index in [0.717, 1.165) is 35.8 Å². The van der Waals surface area contributed by atoms with Crippen LogP contribution in [0.3, 0.4) is 0 Å². The topological polar surface area (TPSA) is 55.1 Å². The number of nitrogens with one attached hydrogen (secondary N) is 1. The van der Waals surface area contributed by atoms with Gasteiger partial charge >= 0.3 is 0 Å². The number of carbonyl (C=O) groups is 1. The van der Waals surface area contributed by atoms with Crippen molar-refractivity contribution in [1.82, 2.24) is 5.32 Å². The lowest BCUT2D eigenvalue weighted by Gasteiger charge is -2.12. The zero-order valence-corrected chi connectivity index (χ0v) is 12.2. The summed E-state index contributed by atoms with van der Waals surface area (Å²) in [6.07, 6.45) is 6.96. The first-order valence-corrected chi connectivity index (χ1v) is 8.12. The maximum Gasteiger partial charge on any atom is 0.220 e. The smallest absolute Gasteiger partial charge is 0.220 e. The summed E-state index contributed by atoms with van der Waals surface area (Å²) in [6, 6.07) is 8.13. The first-order valence-electron chi connectivity index (χ1n) is 6.84. The minimum atomic E-state index is 0.170. The van der Waals surface area contributed by atoms with E-state index in [9.17, 15) is 4.79 Å². The van der Waals surface area contributed by atoms with Crippen LogP contribution in [0.25, 0.3) is 0 Å². The molecule has 1 aliphatic rings. The Labute approximate surface area is 119 Å². The minimum absolute atomic E-state index is 0.170. The molecule has 1 aliphatic carbocycles. The van der Waals surface area contributed by atoms with E-state index in [1.165, 1.54) is 6.42 Å².